The van der Waals surface area contributed by atoms with E-state index in [9.17, 15) is 18.0 Å². The summed E-state index contributed by atoms with van der Waals surface area (Å²) in [6, 6.07) is 4.75. The molecule has 0 spiro atoms. The Labute approximate surface area is 161 Å². The Balaban J connectivity index is 2.03. The minimum absolute atomic E-state index is 0.0699. The SMILES string of the molecule is O=C(O)C=Cc1nn(Cc2ccc(Cl)cc2Cl)c2c1N=CN(C(F)(F)F)C2. The van der Waals surface area contributed by atoms with E-state index < -0.39 is 18.8 Å². The third-order valence-corrected chi connectivity index (χ3v) is 4.33. The molecule has 11 heteroatoms. The van der Waals surface area contributed by atoms with Crippen LogP contribution >= 0.6 is 23.2 Å². The molecule has 2 aromatic rings. The van der Waals surface area contributed by atoms with Gasteiger partial charge in [-0.15, -0.1) is 0 Å². The zero-order chi connectivity index (χ0) is 19.8. The summed E-state index contributed by atoms with van der Waals surface area (Å²) in [7, 11) is 0. The fraction of sp³-hybridized carbons (Fsp3) is 0.188. The van der Waals surface area contributed by atoms with Gasteiger partial charge >= 0.3 is 12.3 Å². The van der Waals surface area contributed by atoms with Crippen LogP contribution in [0.25, 0.3) is 6.08 Å². The molecule has 1 aromatic heterocycles. The summed E-state index contributed by atoms with van der Waals surface area (Å²) < 4.78 is 40.4. The number of nitrogens with zero attached hydrogens (tertiary/aromatic N) is 4. The number of aromatic nitrogens is 2. The first-order valence-electron chi connectivity index (χ1n) is 7.47. The standard InChI is InChI=1S/C16H11Cl2F3N4O2/c17-10-2-1-9(11(18)5-10)6-25-13-7-24(16(19,20)21)8-22-15(13)12(23-25)3-4-14(26)27/h1-5,8H,6-7H2,(H,26,27). The molecule has 0 atom stereocenters. The van der Waals surface area contributed by atoms with Crippen molar-refractivity contribution >= 4 is 47.3 Å². The Hall–Kier alpha value is -2.52. The third kappa shape index (κ3) is 4.25. The van der Waals surface area contributed by atoms with Crippen LogP contribution in [0.3, 0.4) is 0 Å². The van der Waals surface area contributed by atoms with Gasteiger partial charge in [0.25, 0.3) is 0 Å². The van der Waals surface area contributed by atoms with Gasteiger partial charge in [-0.1, -0.05) is 29.3 Å². The molecule has 0 bridgehead atoms. The highest BCUT2D eigenvalue weighted by Gasteiger charge is 2.38. The first kappa shape index (κ1) is 19.2. The average molecular weight is 419 g/mol. The highest BCUT2D eigenvalue weighted by Crippen LogP contribution is 2.34. The number of aliphatic imine (C=N–C) groups is 1. The van der Waals surface area contributed by atoms with Crippen LogP contribution < -0.4 is 0 Å². The van der Waals surface area contributed by atoms with E-state index in [0.717, 1.165) is 6.08 Å². The molecule has 0 radical (unpaired) electrons. The Morgan fingerprint density at radius 2 is 2.07 bits per heavy atom. The van der Waals surface area contributed by atoms with Gasteiger partial charge in [0.05, 0.1) is 25.1 Å². The number of hydrogen-bond donors (Lipinski definition) is 1. The zero-order valence-electron chi connectivity index (χ0n) is 13.4. The van der Waals surface area contributed by atoms with Gasteiger partial charge in [-0.3, -0.25) is 9.58 Å². The average Bonchev–Trinajstić information content (AvgIpc) is 2.92. The number of alkyl halides is 3. The van der Waals surface area contributed by atoms with Crippen LogP contribution in [0.15, 0.2) is 29.3 Å². The summed E-state index contributed by atoms with van der Waals surface area (Å²) in [6.45, 7) is -0.443. The molecule has 0 aliphatic carbocycles. The summed E-state index contributed by atoms with van der Waals surface area (Å²) in [5, 5.41) is 13.7. The number of rotatable bonds is 4. The van der Waals surface area contributed by atoms with Crippen molar-refractivity contribution in [2.75, 3.05) is 0 Å². The largest absolute Gasteiger partial charge is 0.486 e. The van der Waals surface area contributed by atoms with Crippen molar-refractivity contribution in [3.05, 3.63) is 51.3 Å². The molecule has 1 aliphatic rings. The number of carbonyl (C=O) groups is 1. The van der Waals surface area contributed by atoms with E-state index in [2.05, 4.69) is 10.1 Å². The van der Waals surface area contributed by atoms with Crippen LogP contribution in [0, 0.1) is 0 Å². The predicted molar refractivity (Wildman–Crippen MR) is 94.2 cm³/mol. The number of benzene rings is 1. The molecule has 2 heterocycles. The highest BCUT2D eigenvalue weighted by molar-refractivity contribution is 6.35. The maximum absolute atomic E-state index is 13.0. The van der Waals surface area contributed by atoms with Gasteiger partial charge in [0.1, 0.15) is 11.4 Å². The lowest BCUT2D eigenvalue weighted by Gasteiger charge is -2.25. The van der Waals surface area contributed by atoms with Crippen LogP contribution in [0.1, 0.15) is 17.0 Å². The minimum atomic E-state index is -4.61. The number of carboxylic acids is 1. The first-order valence-corrected chi connectivity index (χ1v) is 8.23. The number of aliphatic carboxylic acids is 1. The third-order valence-electron chi connectivity index (χ3n) is 3.75. The lowest BCUT2D eigenvalue weighted by atomic mass is 10.2. The first-order chi connectivity index (χ1) is 12.6. The smallest absolute Gasteiger partial charge is 0.478 e. The quantitative estimate of drug-likeness (QED) is 0.592. The van der Waals surface area contributed by atoms with Crippen LogP contribution in [0.2, 0.25) is 10.0 Å². The van der Waals surface area contributed by atoms with Crippen molar-refractivity contribution in [3.63, 3.8) is 0 Å². The maximum atomic E-state index is 13.0. The molecular weight excluding hydrogens is 408 g/mol. The van der Waals surface area contributed by atoms with Crippen molar-refractivity contribution in [1.29, 1.82) is 0 Å². The Morgan fingerprint density at radius 1 is 1.33 bits per heavy atom. The second-order valence-electron chi connectivity index (χ2n) is 5.59. The summed E-state index contributed by atoms with van der Waals surface area (Å²) >= 11 is 12.0. The van der Waals surface area contributed by atoms with Crippen LogP contribution in [-0.4, -0.2) is 38.4 Å². The molecule has 3 rings (SSSR count). The van der Waals surface area contributed by atoms with Gasteiger partial charge in [0, 0.05) is 16.1 Å². The molecule has 27 heavy (non-hydrogen) atoms. The maximum Gasteiger partial charge on any atom is 0.486 e. The molecule has 6 nitrogen and oxygen atoms in total. The molecule has 0 fully saturated rings. The molecule has 0 unspecified atom stereocenters. The molecule has 0 saturated heterocycles. The lowest BCUT2D eigenvalue weighted by molar-refractivity contribution is -0.219. The normalized spacial score (nSPS) is 14.0. The Kier molecular flexibility index (Phi) is 5.16. The molecule has 0 amide bonds. The number of fused-ring (bicyclic) bond motifs is 1. The molecule has 142 valence electrons. The van der Waals surface area contributed by atoms with Crippen LogP contribution in [0.4, 0.5) is 18.9 Å². The van der Waals surface area contributed by atoms with Gasteiger partial charge < -0.3 is 5.11 Å². The highest BCUT2D eigenvalue weighted by atomic mass is 35.5. The predicted octanol–water partition coefficient (Wildman–Crippen LogP) is 4.33. The van der Waals surface area contributed by atoms with E-state index in [-0.39, 0.29) is 28.5 Å². The topological polar surface area (TPSA) is 70.7 Å². The minimum Gasteiger partial charge on any atom is -0.478 e. The fourth-order valence-electron chi connectivity index (χ4n) is 2.49. The van der Waals surface area contributed by atoms with Gasteiger partial charge in [-0.25, -0.2) is 9.79 Å². The van der Waals surface area contributed by atoms with Crippen LogP contribution in [-0.2, 0) is 17.9 Å². The van der Waals surface area contributed by atoms with Gasteiger partial charge in [-0.2, -0.15) is 18.3 Å². The summed E-state index contributed by atoms with van der Waals surface area (Å²) in [5.74, 6) is -1.21. The van der Waals surface area contributed by atoms with E-state index in [0.29, 0.717) is 21.9 Å². The Morgan fingerprint density at radius 3 is 2.70 bits per heavy atom. The van der Waals surface area contributed by atoms with E-state index in [1.807, 2.05) is 0 Å². The molecular formula is C16H11Cl2F3N4O2. The van der Waals surface area contributed by atoms with Crippen LogP contribution in [0.5, 0.6) is 0 Å². The van der Waals surface area contributed by atoms with Crippen molar-refractivity contribution in [2.24, 2.45) is 4.99 Å². The van der Waals surface area contributed by atoms with Gasteiger partial charge in [0.15, 0.2) is 0 Å². The van der Waals surface area contributed by atoms with Crippen molar-refractivity contribution in [1.82, 2.24) is 14.7 Å². The van der Waals surface area contributed by atoms with E-state index >= 15 is 0 Å². The number of hydrogen-bond acceptors (Lipinski definition) is 4. The van der Waals surface area contributed by atoms with Crippen molar-refractivity contribution < 1.29 is 23.1 Å². The molecule has 1 aliphatic heterocycles. The van der Waals surface area contributed by atoms with Crippen molar-refractivity contribution in [2.45, 2.75) is 19.4 Å². The number of halogens is 5. The zero-order valence-corrected chi connectivity index (χ0v) is 14.9. The van der Waals surface area contributed by atoms with Crippen molar-refractivity contribution in [3.8, 4) is 0 Å². The summed E-state index contributed by atoms with van der Waals surface area (Å²) in [5.41, 5.74) is 1.10. The molecule has 1 aromatic carbocycles. The number of carboxylic acid groups (broad SMARTS) is 1. The van der Waals surface area contributed by atoms with Gasteiger partial charge in [-0.05, 0) is 23.8 Å². The molecule has 1 N–H and O–H groups in total. The van der Waals surface area contributed by atoms with E-state index in [1.165, 1.54) is 16.8 Å². The fourth-order valence-corrected chi connectivity index (χ4v) is 2.96. The Bertz CT molecular complexity index is 954. The lowest BCUT2D eigenvalue weighted by Crippen LogP contribution is -2.38. The second kappa shape index (κ2) is 7.24. The molecule has 0 saturated carbocycles. The second-order valence-corrected chi connectivity index (χ2v) is 6.43. The van der Waals surface area contributed by atoms with E-state index in [4.69, 9.17) is 28.3 Å². The summed E-state index contributed by atoms with van der Waals surface area (Å²) in [6.07, 6.45) is -1.93. The van der Waals surface area contributed by atoms with Gasteiger partial charge in [0.2, 0.25) is 0 Å². The summed E-state index contributed by atoms with van der Waals surface area (Å²) in [4.78, 5) is 14.7. The monoisotopic (exact) mass is 418 g/mol. The van der Waals surface area contributed by atoms with E-state index in [1.54, 1.807) is 12.1 Å².